The number of aromatic nitrogens is 3. The lowest BCUT2D eigenvalue weighted by atomic mass is 9.96. The molecule has 3 aromatic rings. The van der Waals surface area contributed by atoms with Gasteiger partial charge in [-0.1, -0.05) is 20.8 Å². The molecule has 0 unspecified atom stereocenters. The molecule has 3 amide bonds. The number of urea groups is 1. The van der Waals surface area contributed by atoms with E-state index in [1.807, 2.05) is 25.1 Å². The van der Waals surface area contributed by atoms with Crippen LogP contribution in [0.5, 0.6) is 11.5 Å². The van der Waals surface area contributed by atoms with E-state index < -0.39 is 11.4 Å². The zero-order valence-electron chi connectivity index (χ0n) is 18.2. The third-order valence-electron chi connectivity index (χ3n) is 4.34. The van der Waals surface area contributed by atoms with Gasteiger partial charge in [0.25, 0.3) is 0 Å². The lowest BCUT2D eigenvalue weighted by molar-refractivity contribution is -0.127. The van der Waals surface area contributed by atoms with Crippen LogP contribution in [-0.2, 0) is 4.79 Å². The molecule has 2 N–H and O–H groups in total. The molecule has 0 spiro atoms. The Bertz CT molecular complexity index is 1120. The number of hydrogen-bond acceptors (Lipinski definition) is 6. The molecule has 8 heteroatoms. The number of pyridine rings is 3. The molecule has 3 rings (SSSR count). The number of carbonyl (C=O) groups excluding carboxylic acids is 2. The van der Waals surface area contributed by atoms with Crippen molar-refractivity contribution < 1.29 is 14.3 Å². The SMILES string of the molecule is Cc1cc(-c2cc(Oc3ccc(NC(=O)NC(=O)C(C)(C)C)nc3C)ccn2)ccn1. The lowest BCUT2D eigenvalue weighted by Gasteiger charge is -2.17. The van der Waals surface area contributed by atoms with Crippen LogP contribution in [0.2, 0.25) is 0 Å². The van der Waals surface area contributed by atoms with Crippen molar-refractivity contribution >= 4 is 17.8 Å². The Morgan fingerprint density at radius 3 is 2.39 bits per heavy atom. The van der Waals surface area contributed by atoms with Crippen LogP contribution in [0.15, 0.2) is 48.8 Å². The first-order valence-electron chi connectivity index (χ1n) is 9.79. The fourth-order valence-electron chi connectivity index (χ4n) is 2.63. The summed E-state index contributed by atoms with van der Waals surface area (Å²) in [6.45, 7) is 8.88. The minimum absolute atomic E-state index is 0.312. The van der Waals surface area contributed by atoms with E-state index in [-0.39, 0.29) is 5.91 Å². The van der Waals surface area contributed by atoms with Gasteiger partial charge in [0, 0.05) is 35.1 Å². The van der Waals surface area contributed by atoms with Crippen LogP contribution in [0.1, 0.15) is 32.2 Å². The molecule has 31 heavy (non-hydrogen) atoms. The van der Waals surface area contributed by atoms with Crippen molar-refractivity contribution in [2.24, 2.45) is 5.41 Å². The van der Waals surface area contributed by atoms with Gasteiger partial charge in [-0.15, -0.1) is 0 Å². The molecule has 0 atom stereocenters. The van der Waals surface area contributed by atoms with E-state index in [9.17, 15) is 9.59 Å². The van der Waals surface area contributed by atoms with Gasteiger partial charge in [-0.2, -0.15) is 0 Å². The number of hydrogen-bond donors (Lipinski definition) is 2. The summed E-state index contributed by atoms with van der Waals surface area (Å²) in [5.41, 5.74) is 2.53. The molecule has 8 nitrogen and oxygen atoms in total. The van der Waals surface area contributed by atoms with Gasteiger partial charge >= 0.3 is 6.03 Å². The zero-order chi connectivity index (χ0) is 22.6. The molecule has 0 aliphatic rings. The van der Waals surface area contributed by atoms with Crippen molar-refractivity contribution in [1.82, 2.24) is 20.3 Å². The highest BCUT2D eigenvalue weighted by Gasteiger charge is 2.23. The summed E-state index contributed by atoms with van der Waals surface area (Å²) in [4.78, 5) is 36.9. The molecule has 160 valence electrons. The normalized spacial score (nSPS) is 11.0. The average molecular weight is 419 g/mol. The third-order valence-corrected chi connectivity index (χ3v) is 4.34. The van der Waals surface area contributed by atoms with Crippen LogP contribution in [0.4, 0.5) is 10.6 Å². The van der Waals surface area contributed by atoms with Crippen LogP contribution in [0, 0.1) is 19.3 Å². The topological polar surface area (TPSA) is 106 Å². The number of aryl methyl sites for hydroxylation is 2. The Balaban J connectivity index is 1.70. The third kappa shape index (κ3) is 5.85. The Kier molecular flexibility index (Phi) is 6.29. The Morgan fingerprint density at radius 1 is 0.968 bits per heavy atom. The summed E-state index contributed by atoms with van der Waals surface area (Å²) in [6, 6.07) is 10.1. The van der Waals surface area contributed by atoms with E-state index in [1.54, 1.807) is 58.3 Å². The second kappa shape index (κ2) is 8.91. The van der Waals surface area contributed by atoms with Gasteiger partial charge in [-0.05, 0) is 44.2 Å². The number of nitrogens with one attached hydrogen (secondary N) is 2. The summed E-state index contributed by atoms with van der Waals surface area (Å²) in [5.74, 6) is 1.09. The number of nitrogens with zero attached hydrogens (tertiary/aromatic N) is 3. The molecule has 0 aliphatic carbocycles. The van der Waals surface area contributed by atoms with Crippen molar-refractivity contribution in [2.75, 3.05) is 5.32 Å². The standard InChI is InChI=1S/C23H25N5O3/c1-14-12-16(8-10-24-14)18-13-17(9-11-25-18)31-19-6-7-20(26-15(19)2)27-22(30)28-21(29)23(3,4)5/h6-13H,1-5H3,(H2,26,27,28,29,30). The van der Waals surface area contributed by atoms with E-state index >= 15 is 0 Å². The maximum Gasteiger partial charge on any atom is 0.327 e. The molecule has 0 aliphatic heterocycles. The fourth-order valence-corrected chi connectivity index (χ4v) is 2.63. The minimum Gasteiger partial charge on any atom is -0.455 e. The second-order valence-corrected chi connectivity index (χ2v) is 8.10. The molecule has 3 aromatic heterocycles. The first-order chi connectivity index (χ1) is 14.6. The lowest BCUT2D eigenvalue weighted by Crippen LogP contribution is -2.41. The zero-order valence-corrected chi connectivity index (χ0v) is 18.2. The van der Waals surface area contributed by atoms with Crippen LogP contribution in [0.3, 0.4) is 0 Å². The molecule has 0 radical (unpaired) electrons. The van der Waals surface area contributed by atoms with Gasteiger partial charge in [0.15, 0.2) is 0 Å². The Hall–Kier alpha value is -3.81. The summed E-state index contributed by atoms with van der Waals surface area (Å²) in [6.07, 6.45) is 3.42. The van der Waals surface area contributed by atoms with E-state index in [2.05, 4.69) is 25.6 Å². The number of carbonyl (C=O) groups is 2. The molecule has 0 saturated heterocycles. The van der Waals surface area contributed by atoms with E-state index in [0.717, 1.165) is 17.0 Å². The van der Waals surface area contributed by atoms with Gasteiger partial charge in [-0.25, -0.2) is 9.78 Å². The molecular weight excluding hydrogens is 394 g/mol. The summed E-state index contributed by atoms with van der Waals surface area (Å²) in [5, 5.41) is 4.86. The number of anilines is 1. The summed E-state index contributed by atoms with van der Waals surface area (Å²) < 4.78 is 5.97. The number of ether oxygens (including phenoxy) is 1. The smallest absolute Gasteiger partial charge is 0.327 e. The maximum atomic E-state index is 12.0. The molecular formula is C23H25N5O3. The molecule has 0 saturated carbocycles. The van der Waals surface area contributed by atoms with Gasteiger partial charge in [0.1, 0.15) is 17.3 Å². The van der Waals surface area contributed by atoms with Crippen molar-refractivity contribution in [2.45, 2.75) is 34.6 Å². The predicted molar refractivity (Wildman–Crippen MR) is 118 cm³/mol. The predicted octanol–water partition coefficient (Wildman–Crippen LogP) is 4.64. The van der Waals surface area contributed by atoms with Crippen molar-refractivity contribution in [3.05, 3.63) is 60.2 Å². The van der Waals surface area contributed by atoms with Crippen LogP contribution in [-0.4, -0.2) is 26.9 Å². The molecule has 3 heterocycles. The van der Waals surface area contributed by atoms with Gasteiger partial charge < -0.3 is 4.74 Å². The van der Waals surface area contributed by atoms with Crippen LogP contribution < -0.4 is 15.4 Å². The number of rotatable bonds is 4. The number of imide groups is 1. The van der Waals surface area contributed by atoms with E-state index in [4.69, 9.17) is 4.74 Å². The van der Waals surface area contributed by atoms with Crippen LogP contribution >= 0.6 is 0 Å². The average Bonchev–Trinajstić information content (AvgIpc) is 2.69. The Morgan fingerprint density at radius 2 is 1.71 bits per heavy atom. The van der Waals surface area contributed by atoms with Gasteiger partial charge in [0.2, 0.25) is 5.91 Å². The molecule has 0 aromatic carbocycles. The largest absolute Gasteiger partial charge is 0.455 e. The Labute approximate surface area is 181 Å². The van der Waals surface area contributed by atoms with Gasteiger partial charge in [-0.3, -0.25) is 25.4 Å². The fraction of sp³-hybridized carbons (Fsp3) is 0.261. The monoisotopic (exact) mass is 419 g/mol. The highest BCUT2D eigenvalue weighted by molar-refractivity contribution is 6.02. The van der Waals surface area contributed by atoms with Crippen molar-refractivity contribution in [3.63, 3.8) is 0 Å². The highest BCUT2D eigenvalue weighted by Crippen LogP contribution is 2.28. The van der Waals surface area contributed by atoms with Crippen molar-refractivity contribution in [3.8, 4) is 22.8 Å². The maximum absolute atomic E-state index is 12.0. The number of amides is 3. The minimum atomic E-state index is -0.670. The molecule has 0 fully saturated rings. The first-order valence-corrected chi connectivity index (χ1v) is 9.79. The quantitative estimate of drug-likeness (QED) is 0.638. The highest BCUT2D eigenvalue weighted by atomic mass is 16.5. The van der Waals surface area contributed by atoms with E-state index in [0.29, 0.717) is 23.0 Å². The summed E-state index contributed by atoms with van der Waals surface area (Å²) in [7, 11) is 0. The first kappa shape index (κ1) is 21.9. The molecule has 0 bridgehead atoms. The van der Waals surface area contributed by atoms with E-state index in [1.165, 1.54) is 0 Å². The van der Waals surface area contributed by atoms with Crippen LogP contribution in [0.25, 0.3) is 11.3 Å². The second-order valence-electron chi connectivity index (χ2n) is 8.10. The van der Waals surface area contributed by atoms with Gasteiger partial charge in [0.05, 0.1) is 11.4 Å². The summed E-state index contributed by atoms with van der Waals surface area (Å²) >= 11 is 0. The van der Waals surface area contributed by atoms with Crippen molar-refractivity contribution in [1.29, 1.82) is 0 Å².